The van der Waals surface area contributed by atoms with Gasteiger partial charge in [0.25, 0.3) is 0 Å². The van der Waals surface area contributed by atoms with Crippen LogP contribution in [-0.4, -0.2) is 37.7 Å². The van der Waals surface area contributed by atoms with Crippen molar-refractivity contribution in [1.29, 1.82) is 0 Å². The molecule has 1 aromatic rings. The minimum absolute atomic E-state index is 0.184. The van der Waals surface area contributed by atoms with E-state index in [4.69, 9.17) is 4.74 Å². The number of rotatable bonds is 8. The molecule has 0 aliphatic carbocycles. The smallest absolute Gasteiger partial charge is 0.314 e. The number of benzene rings is 1. The molecule has 0 heterocycles. The van der Waals surface area contributed by atoms with E-state index in [-0.39, 0.29) is 11.9 Å². The van der Waals surface area contributed by atoms with E-state index < -0.39 is 0 Å². The predicted octanol–water partition coefficient (Wildman–Crippen LogP) is 2.67. The number of carbonyl (C=O) groups excluding carboxylic acids is 1. The maximum absolute atomic E-state index is 11.8. The number of methoxy groups -OCH3 is 1. The highest BCUT2D eigenvalue weighted by molar-refractivity contribution is 7.99. The molecule has 0 aliphatic rings. The van der Waals surface area contributed by atoms with E-state index >= 15 is 0 Å². The molecule has 0 radical (unpaired) electrons. The number of ether oxygens (including phenoxy) is 1. The van der Waals surface area contributed by atoms with E-state index in [1.807, 2.05) is 42.1 Å². The Bertz CT molecular complexity index is 370. The van der Waals surface area contributed by atoms with Crippen LogP contribution in [0.2, 0.25) is 0 Å². The lowest BCUT2D eigenvalue weighted by Gasteiger charge is -2.16. The highest BCUT2D eigenvalue weighted by Gasteiger charge is 2.20. The lowest BCUT2D eigenvalue weighted by atomic mass is 9.99. The maximum atomic E-state index is 11.8. The van der Waals surface area contributed by atoms with Crippen LogP contribution in [0.3, 0.4) is 0 Å². The Hall–Kier alpha value is -1.00. The van der Waals surface area contributed by atoms with Crippen molar-refractivity contribution >= 4 is 17.7 Å². The van der Waals surface area contributed by atoms with Gasteiger partial charge in [0, 0.05) is 11.8 Å². The summed E-state index contributed by atoms with van der Waals surface area (Å²) in [6.45, 7) is 3.75. The lowest BCUT2D eigenvalue weighted by Crippen LogP contribution is -2.29. The molecule has 2 unspecified atom stereocenters. The monoisotopic (exact) mass is 281 g/mol. The second-order valence-electron chi connectivity index (χ2n) is 4.53. The van der Waals surface area contributed by atoms with Gasteiger partial charge >= 0.3 is 5.97 Å². The van der Waals surface area contributed by atoms with Crippen LogP contribution in [0.1, 0.15) is 24.8 Å². The molecule has 0 bridgehead atoms. The summed E-state index contributed by atoms with van der Waals surface area (Å²) in [5.41, 5.74) is 1.000. The Morgan fingerprint density at radius 2 is 2.05 bits per heavy atom. The minimum Gasteiger partial charge on any atom is -0.469 e. The molecule has 4 heteroatoms. The topological polar surface area (TPSA) is 38.3 Å². The van der Waals surface area contributed by atoms with Crippen LogP contribution in [-0.2, 0) is 9.53 Å². The summed E-state index contributed by atoms with van der Waals surface area (Å²) >= 11 is 1.86. The van der Waals surface area contributed by atoms with Crippen LogP contribution >= 0.6 is 11.8 Å². The third-order valence-corrected chi connectivity index (χ3v) is 4.21. The summed E-state index contributed by atoms with van der Waals surface area (Å²) in [5, 5.41) is 3.99. The standard InChI is InChI=1S/C15H23NO2S/c1-12(19-3)9-10-16-11-14(15(17)18-2)13-7-5-4-6-8-13/h4-8,12,14,16H,9-11H2,1-3H3. The quantitative estimate of drug-likeness (QED) is 0.587. The van der Waals surface area contributed by atoms with Crippen LogP contribution in [0.25, 0.3) is 0 Å². The summed E-state index contributed by atoms with van der Waals surface area (Å²) < 4.78 is 4.88. The van der Waals surface area contributed by atoms with Gasteiger partial charge in [-0.05, 0) is 24.8 Å². The number of carbonyl (C=O) groups is 1. The fourth-order valence-corrected chi connectivity index (χ4v) is 2.19. The Morgan fingerprint density at radius 1 is 1.37 bits per heavy atom. The Balaban J connectivity index is 2.50. The van der Waals surface area contributed by atoms with Gasteiger partial charge in [0.15, 0.2) is 0 Å². The lowest BCUT2D eigenvalue weighted by molar-refractivity contribution is -0.142. The molecule has 106 valence electrons. The summed E-state index contributed by atoms with van der Waals surface area (Å²) in [4.78, 5) is 11.8. The van der Waals surface area contributed by atoms with Crippen molar-refractivity contribution in [3.8, 4) is 0 Å². The zero-order valence-corrected chi connectivity index (χ0v) is 12.7. The van der Waals surface area contributed by atoms with Gasteiger partial charge in [0.2, 0.25) is 0 Å². The SMILES string of the molecule is COC(=O)C(CNCCC(C)SC)c1ccccc1. The normalized spacial score (nSPS) is 13.8. The highest BCUT2D eigenvalue weighted by atomic mass is 32.2. The van der Waals surface area contributed by atoms with E-state index in [2.05, 4.69) is 18.5 Å². The summed E-state index contributed by atoms with van der Waals surface area (Å²) in [6, 6.07) is 9.77. The van der Waals surface area contributed by atoms with Crippen molar-refractivity contribution in [2.24, 2.45) is 0 Å². The van der Waals surface area contributed by atoms with Crippen molar-refractivity contribution in [1.82, 2.24) is 5.32 Å². The van der Waals surface area contributed by atoms with Crippen molar-refractivity contribution in [3.05, 3.63) is 35.9 Å². The van der Waals surface area contributed by atoms with Crippen LogP contribution in [0.15, 0.2) is 30.3 Å². The minimum atomic E-state index is -0.226. The Kier molecular flexibility index (Phi) is 7.60. The van der Waals surface area contributed by atoms with Crippen molar-refractivity contribution in [3.63, 3.8) is 0 Å². The average Bonchev–Trinajstić information content (AvgIpc) is 2.47. The molecule has 0 spiro atoms. The zero-order valence-electron chi connectivity index (χ0n) is 11.9. The fourth-order valence-electron chi connectivity index (χ4n) is 1.83. The van der Waals surface area contributed by atoms with E-state index in [1.54, 1.807) is 0 Å². The van der Waals surface area contributed by atoms with Crippen LogP contribution in [0.4, 0.5) is 0 Å². The first-order valence-electron chi connectivity index (χ1n) is 6.55. The van der Waals surface area contributed by atoms with Gasteiger partial charge in [-0.15, -0.1) is 0 Å². The van der Waals surface area contributed by atoms with Crippen molar-refractivity contribution < 1.29 is 9.53 Å². The van der Waals surface area contributed by atoms with Gasteiger partial charge in [0.1, 0.15) is 0 Å². The van der Waals surface area contributed by atoms with E-state index in [0.29, 0.717) is 11.8 Å². The molecule has 0 aliphatic heterocycles. The predicted molar refractivity (Wildman–Crippen MR) is 81.7 cm³/mol. The molecular formula is C15H23NO2S. The zero-order chi connectivity index (χ0) is 14.1. The Labute approximate surface area is 120 Å². The summed E-state index contributed by atoms with van der Waals surface area (Å²) in [6.07, 6.45) is 3.22. The van der Waals surface area contributed by atoms with Gasteiger partial charge in [-0.3, -0.25) is 4.79 Å². The van der Waals surface area contributed by atoms with Gasteiger partial charge in [-0.1, -0.05) is 37.3 Å². The van der Waals surface area contributed by atoms with Crippen LogP contribution in [0, 0.1) is 0 Å². The molecule has 0 amide bonds. The molecule has 2 atom stereocenters. The maximum Gasteiger partial charge on any atom is 0.314 e. The summed E-state index contributed by atoms with van der Waals surface area (Å²) in [7, 11) is 1.44. The second kappa shape index (κ2) is 8.99. The van der Waals surface area contributed by atoms with E-state index in [1.165, 1.54) is 7.11 Å². The molecular weight excluding hydrogens is 258 g/mol. The molecule has 0 saturated carbocycles. The fraction of sp³-hybridized carbons (Fsp3) is 0.533. The first-order chi connectivity index (χ1) is 9.19. The number of thioether (sulfide) groups is 1. The van der Waals surface area contributed by atoms with E-state index in [0.717, 1.165) is 18.5 Å². The van der Waals surface area contributed by atoms with Crippen molar-refractivity contribution in [2.45, 2.75) is 24.5 Å². The van der Waals surface area contributed by atoms with Crippen molar-refractivity contribution in [2.75, 3.05) is 26.5 Å². The molecule has 0 saturated heterocycles. The molecule has 0 aromatic heterocycles. The first-order valence-corrected chi connectivity index (χ1v) is 7.84. The molecule has 1 N–H and O–H groups in total. The van der Waals surface area contributed by atoms with Gasteiger partial charge in [-0.25, -0.2) is 0 Å². The van der Waals surface area contributed by atoms with Gasteiger partial charge in [-0.2, -0.15) is 11.8 Å². The van der Waals surface area contributed by atoms with E-state index in [9.17, 15) is 4.79 Å². The molecule has 1 rings (SSSR count). The van der Waals surface area contributed by atoms with Crippen LogP contribution < -0.4 is 5.32 Å². The highest BCUT2D eigenvalue weighted by Crippen LogP contribution is 2.16. The first kappa shape index (κ1) is 16.1. The molecule has 3 nitrogen and oxygen atoms in total. The number of nitrogens with one attached hydrogen (secondary N) is 1. The van der Waals surface area contributed by atoms with Gasteiger partial charge in [0.05, 0.1) is 13.0 Å². The number of hydrogen-bond donors (Lipinski definition) is 1. The number of hydrogen-bond acceptors (Lipinski definition) is 4. The average molecular weight is 281 g/mol. The molecule has 1 aromatic carbocycles. The third kappa shape index (κ3) is 5.66. The van der Waals surface area contributed by atoms with Crippen LogP contribution in [0.5, 0.6) is 0 Å². The largest absolute Gasteiger partial charge is 0.469 e. The third-order valence-electron chi connectivity index (χ3n) is 3.17. The Morgan fingerprint density at radius 3 is 2.63 bits per heavy atom. The second-order valence-corrected chi connectivity index (χ2v) is 5.80. The summed E-state index contributed by atoms with van der Waals surface area (Å²) in [5.74, 6) is -0.410. The molecule has 0 fully saturated rings. The van der Waals surface area contributed by atoms with Gasteiger partial charge < -0.3 is 10.1 Å². The number of esters is 1. The molecule has 19 heavy (non-hydrogen) atoms.